The second-order valence-corrected chi connectivity index (χ2v) is 8.50. The zero-order valence-electron chi connectivity index (χ0n) is 15.3. The molecule has 2 unspecified atom stereocenters. The first-order valence-corrected chi connectivity index (χ1v) is 10.4. The summed E-state index contributed by atoms with van der Waals surface area (Å²) in [6.45, 7) is 4.84. The summed E-state index contributed by atoms with van der Waals surface area (Å²) in [7, 11) is 0. The molecule has 4 heteroatoms. The van der Waals surface area contributed by atoms with E-state index in [0.29, 0.717) is 17.9 Å². The highest BCUT2D eigenvalue weighted by Gasteiger charge is 2.27. The summed E-state index contributed by atoms with van der Waals surface area (Å²) in [4.78, 5) is 0. The van der Waals surface area contributed by atoms with Crippen LogP contribution in [0.25, 0.3) is 0 Å². The van der Waals surface area contributed by atoms with Crippen LogP contribution in [-0.2, 0) is 11.3 Å². The lowest BCUT2D eigenvalue weighted by molar-refractivity contribution is 0.141. The largest absolute Gasteiger partial charge is 0.488 e. The van der Waals surface area contributed by atoms with Crippen molar-refractivity contribution < 1.29 is 9.47 Å². The van der Waals surface area contributed by atoms with E-state index in [1.54, 1.807) is 0 Å². The van der Waals surface area contributed by atoms with Gasteiger partial charge in [-0.3, -0.25) is 0 Å². The van der Waals surface area contributed by atoms with E-state index in [2.05, 4.69) is 65.8 Å². The minimum atomic E-state index is 0.213. The SMILES string of the molecule is C[C@H]1CCC(c2ccccc2)SN1Cc1ccc(OC2CCOC2)cc1. The monoisotopic (exact) mass is 369 g/mol. The van der Waals surface area contributed by atoms with Crippen molar-refractivity contribution in [2.45, 2.75) is 50.1 Å². The third kappa shape index (κ3) is 4.43. The van der Waals surface area contributed by atoms with E-state index in [1.165, 1.54) is 24.0 Å². The molecule has 0 radical (unpaired) electrons. The zero-order valence-corrected chi connectivity index (χ0v) is 16.2. The zero-order chi connectivity index (χ0) is 17.8. The van der Waals surface area contributed by atoms with Gasteiger partial charge in [0.1, 0.15) is 11.9 Å². The molecule has 0 saturated carbocycles. The maximum Gasteiger partial charge on any atom is 0.124 e. The van der Waals surface area contributed by atoms with Crippen molar-refractivity contribution in [3.8, 4) is 5.75 Å². The predicted molar refractivity (Wildman–Crippen MR) is 107 cm³/mol. The van der Waals surface area contributed by atoms with Gasteiger partial charge in [0.05, 0.1) is 13.2 Å². The molecule has 2 aromatic carbocycles. The van der Waals surface area contributed by atoms with Gasteiger partial charge in [-0.2, -0.15) is 0 Å². The lowest BCUT2D eigenvalue weighted by Gasteiger charge is -2.37. The molecule has 0 aliphatic carbocycles. The van der Waals surface area contributed by atoms with Crippen LogP contribution in [0.1, 0.15) is 42.6 Å². The van der Waals surface area contributed by atoms with E-state index in [0.717, 1.165) is 25.3 Å². The van der Waals surface area contributed by atoms with Gasteiger partial charge in [0.15, 0.2) is 0 Å². The summed E-state index contributed by atoms with van der Waals surface area (Å²) < 4.78 is 13.9. The number of nitrogens with zero attached hydrogens (tertiary/aromatic N) is 1. The molecule has 2 fully saturated rings. The van der Waals surface area contributed by atoms with Crippen LogP contribution in [0.5, 0.6) is 5.75 Å². The van der Waals surface area contributed by atoms with Crippen LogP contribution in [0.3, 0.4) is 0 Å². The number of hydrogen-bond donors (Lipinski definition) is 0. The average molecular weight is 370 g/mol. The highest BCUT2D eigenvalue weighted by molar-refractivity contribution is 7.97. The molecule has 2 aliphatic rings. The highest BCUT2D eigenvalue weighted by atomic mass is 32.2. The van der Waals surface area contributed by atoms with Crippen LogP contribution in [0.2, 0.25) is 0 Å². The Morgan fingerprint density at radius 1 is 1.04 bits per heavy atom. The molecule has 26 heavy (non-hydrogen) atoms. The number of rotatable bonds is 5. The van der Waals surface area contributed by atoms with Crippen molar-refractivity contribution in [2.24, 2.45) is 0 Å². The lowest BCUT2D eigenvalue weighted by Crippen LogP contribution is -2.31. The normalized spacial score (nSPS) is 26.7. The molecule has 2 aliphatic heterocycles. The minimum Gasteiger partial charge on any atom is -0.488 e. The quantitative estimate of drug-likeness (QED) is 0.673. The molecule has 0 spiro atoms. The molecule has 2 saturated heterocycles. The van der Waals surface area contributed by atoms with Crippen LogP contribution >= 0.6 is 11.9 Å². The van der Waals surface area contributed by atoms with Gasteiger partial charge in [-0.25, -0.2) is 4.31 Å². The molecule has 0 N–H and O–H groups in total. The molecule has 2 heterocycles. The first kappa shape index (κ1) is 17.9. The van der Waals surface area contributed by atoms with E-state index in [1.807, 2.05) is 11.9 Å². The maximum absolute atomic E-state index is 5.97. The van der Waals surface area contributed by atoms with Gasteiger partial charge >= 0.3 is 0 Å². The molecular formula is C22H27NO2S. The van der Waals surface area contributed by atoms with Crippen molar-refractivity contribution in [1.82, 2.24) is 4.31 Å². The van der Waals surface area contributed by atoms with Crippen LogP contribution < -0.4 is 4.74 Å². The van der Waals surface area contributed by atoms with Gasteiger partial charge in [0.25, 0.3) is 0 Å². The lowest BCUT2D eigenvalue weighted by atomic mass is 10.0. The molecule has 3 atom stereocenters. The van der Waals surface area contributed by atoms with Gasteiger partial charge in [-0.1, -0.05) is 54.4 Å². The van der Waals surface area contributed by atoms with Gasteiger partial charge in [-0.05, 0) is 43.0 Å². The number of benzene rings is 2. The molecular weight excluding hydrogens is 342 g/mol. The summed E-state index contributed by atoms with van der Waals surface area (Å²) in [6, 6.07) is 20.1. The summed E-state index contributed by atoms with van der Waals surface area (Å²) >= 11 is 2.00. The Morgan fingerprint density at radius 2 is 1.85 bits per heavy atom. The highest BCUT2D eigenvalue weighted by Crippen LogP contribution is 2.43. The fourth-order valence-corrected chi connectivity index (χ4v) is 4.98. The molecule has 0 aromatic heterocycles. The summed E-state index contributed by atoms with van der Waals surface area (Å²) in [6.07, 6.45) is 3.70. The topological polar surface area (TPSA) is 21.7 Å². The molecule has 3 nitrogen and oxygen atoms in total. The Kier molecular flexibility index (Phi) is 5.83. The van der Waals surface area contributed by atoms with E-state index < -0.39 is 0 Å². The summed E-state index contributed by atoms with van der Waals surface area (Å²) in [5, 5.41) is 0.567. The Hall–Kier alpha value is -1.49. The molecule has 4 rings (SSSR count). The average Bonchev–Trinajstić information content (AvgIpc) is 3.19. The van der Waals surface area contributed by atoms with Gasteiger partial charge in [0.2, 0.25) is 0 Å². The van der Waals surface area contributed by atoms with Crippen LogP contribution in [0.4, 0.5) is 0 Å². The first-order valence-electron chi connectivity index (χ1n) is 9.59. The Balaban J connectivity index is 1.37. The van der Waals surface area contributed by atoms with Crippen LogP contribution in [0.15, 0.2) is 54.6 Å². The van der Waals surface area contributed by atoms with Crippen molar-refractivity contribution in [2.75, 3.05) is 13.2 Å². The van der Waals surface area contributed by atoms with Crippen LogP contribution in [0, 0.1) is 0 Å². The Morgan fingerprint density at radius 3 is 2.58 bits per heavy atom. The van der Waals surface area contributed by atoms with Gasteiger partial charge in [-0.15, -0.1) is 0 Å². The third-order valence-corrected chi connectivity index (χ3v) is 6.75. The standard InChI is InChI=1S/C22H27NO2S/c1-17-7-12-22(19-5-3-2-4-6-19)26-23(17)15-18-8-10-20(11-9-18)25-21-13-14-24-16-21/h2-6,8-11,17,21-22H,7,12-16H2,1H3/t17-,21?,22?/m0/s1. The van der Waals surface area contributed by atoms with E-state index in [4.69, 9.17) is 9.47 Å². The van der Waals surface area contributed by atoms with Crippen molar-refractivity contribution in [3.05, 3.63) is 65.7 Å². The van der Waals surface area contributed by atoms with Crippen molar-refractivity contribution >= 4 is 11.9 Å². The molecule has 138 valence electrons. The maximum atomic E-state index is 5.97. The summed E-state index contributed by atoms with van der Waals surface area (Å²) in [5.41, 5.74) is 2.78. The fourth-order valence-electron chi connectivity index (χ4n) is 3.60. The first-order chi connectivity index (χ1) is 12.8. The van der Waals surface area contributed by atoms with Crippen molar-refractivity contribution in [3.63, 3.8) is 0 Å². The van der Waals surface area contributed by atoms with Crippen molar-refractivity contribution in [1.29, 1.82) is 0 Å². The van der Waals surface area contributed by atoms with E-state index in [9.17, 15) is 0 Å². The number of hydrogen-bond acceptors (Lipinski definition) is 4. The Labute approximate surface area is 160 Å². The molecule has 0 bridgehead atoms. The predicted octanol–water partition coefficient (Wildman–Crippen LogP) is 5.23. The van der Waals surface area contributed by atoms with E-state index in [-0.39, 0.29) is 6.10 Å². The van der Waals surface area contributed by atoms with E-state index >= 15 is 0 Å². The molecule has 2 aromatic rings. The second-order valence-electron chi connectivity index (χ2n) is 7.25. The smallest absolute Gasteiger partial charge is 0.124 e. The fraction of sp³-hybridized carbons (Fsp3) is 0.455. The van der Waals surface area contributed by atoms with Gasteiger partial charge in [0, 0.05) is 24.3 Å². The minimum absolute atomic E-state index is 0.213. The molecule has 0 amide bonds. The third-order valence-electron chi connectivity index (χ3n) is 5.22. The van der Waals surface area contributed by atoms with Crippen LogP contribution in [-0.4, -0.2) is 29.7 Å². The Bertz CT molecular complexity index is 685. The summed E-state index contributed by atoms with van der Waals surface area (Å²) in [5.74, 6) is 0.950. The second kappa shape index (κ2) is 8.47. The number of ether oxygens (including phenoxy) is 2. The van der Waals surface area contributed by atoms with Gasteiger partial charge < -0.3 is 9.47 Å².